The Morgan fingerprint density at radius 3 is 2.45 bits per heavy atom. The Morgan fingerprint density at radius 2 is 1.79 bits per heavy atom. The summed E-state index contributed by atoms with van der Waals surface area (Å²) in [5.41, 5.74) is 1.11. The molecule has 2 aromatic carbocycles. The van der Waals surface area contributed by atoms with Crippen molar-refractivity contribution in [3.8, 4) is 0 Å². The van der Waals surface area contributed by atoms with E-state index in [9.17, 15) is 13.2 Å². The molecule has 1 fully saturated rings. The molecule has 1 saturated heterocycles. The second-order valence-electron chi connectivity index (χ2n) is 7.38. The minimum atomic E-state index is -3.67. The van der Waals surface area contributed by atoms with Crippen LogP contribution in [-0.4, -0.2) is 36.9 Å². The molecular formula is C21H23N3O4S. The summed E-state index contributed by atoms with van der Waals surface area (Å²) in [6, 6.07) is 13.8. The van der Waals surface area contributed by atoms with Gasteiger partial charge in [-0.25, -0.2) is 8.42 Å². The average Bonchev–Trinajstić information content (AvgIpc) is 3.07. The summed E-state index contributed by atoms with van der Waals surface area (Å²) < 4.78 is 32.2. The molecule has 152 valence electrons. The van der Waals surface area contributed by atoms with Crippen LogP contribution in [-0.2, 0) is 14.8 Å². The first kappa shape index (κ1) is 19.6. The van der Waals surface area contributed by atoms with E-state index in [1.54, 1.807) is 13.8 Å². The molecule has 0 saturated carbocycles. The van der Waals surface area contributed by atoms with Crippen molar-refractivity contribution in [1.29, 1.82) is 0 Å². The number of fused-ring (bicyclic) bond motifs is 1. The van der Waals surface area contributed by atoms with Crippen LogP contribution in [0.4, 0.5) is 5.69 Å². The van der Waals surface area contributed by atoms with Gasteiger partial charge in [-0.15, -0.1) is 0 Å². The van der Waals surface area contributed by atoms with Crippen LogP contribution in [0.5, 0.6) is 0 Å². The SMILES string of the molecule is Cc1noc(C)c1S(=O)(=O)N1CCC(C(=O)Nc2ccc3ccccc3c2)CC1. The second kappa shape index (κ2) is 7.61. The van der Waals surface area contributed by atoms with Gasteiger partial charge in [0.05, 0.1) is 0 Å². The number of aromatic nitrogens is 1. The molecule has 0 unspecified atom stereocenters. The fourth-order valence-corrected chi connectivity index (χ4v) is 5.60. The summed E-state index contributed by atoms with van der Waals surface area (Å²) in [6.07, 6.45) is 0.948. The van der Waals surface area contributed by atoms with Gasteiger partial charge in [-0.05, 0) is 49.6 Å². The third-order valence-electron chi connectivity index (χ3n) is 5.41. The molecule has 29 heavy (non-hydrogen) atoms. The fraction of sp³-hybridized carbons (Fsp3) is 0.333. The molecular weight excluding hydrogens is 390 g/mol. The van der Waals surface area contributed by atoms with Crippen LogP contribution in [0.3, 0.4) is 0 Å². The van der Waals surface area contributed by atoms with Gasteiger partial charge in [0.1, 0.15) is 10.6 Å². The van der Waals surface area contributed by atoms with Crippen molar-refractivity contribution in [3.63, 3.8) is 0 Å². The predicted molar refractivity (Wildman–Crippen MR) is 110 cm³/mol. The van der Waals surface area contributed by atoms with E-state index in [4.69, 9.17) is 4.52 Å². The summed E-state index contributed by atoms with van der Waals surface area (Å²) >= 11 is 0. The van der Waals surface area contributed by atoms with Gasteiger partial charge in [0.15, 0.2) is 5.76 Å². The Bertz CT molecular complexity index is 1140. The Hall–Kier alpha value is -2.71. The fourth-order valence-electron chi connectivity index (χ4n) is 3.84. The van der Waals surface area contributed by atoms with E-state index in [1.165, 1.54) is 4.31 Å². The van der Waals surface area contributed by atoms with Crippen LogP contribution in [0.1, 0.15) is 24.3 Å². The van der Waals surface area contributed by atoms with E-state index in [0.29, 0.717) is 37.4 Å². The highest BCUT2D eigenvalue weighted by atomic mass is 32.2. The lowest BCUT2D eigenvalue weighted by Gasteiger charge is -2.30. The number of aryl methyl sites for hydroxylation is 2. The van der Waals surface area contributed by atoms with E-state index in [0.717, 1.165) is 16.5 Å². The first-order chi connectivity index (χ1) is 13.9. The number of piperidine rings is 1. The highest BCUT2D eigenvalue weighted by Gasteiger charge is 2.35. The molecule has 0 bridgehead atoms. The molecule has 7 nitrogen and oxygen atoms in total. The molecule has 1 aliphatic rings. The minimum absolute atomic E-state index is 0.0744. The zero-order chi connectivity index (χ0) is 20.6. The van der Waals surface area contributed by atoms with Crippen molar-refractivity contribution in [1.82, 2.24) is 9.46 Å². The van der Waals surface area contributed by atoms with Gasteiger partial charge in [-0.1, -0.05) is 35.5 Å². The lowest BCUT2D eigenvalue weighted by atomic mass is 9.97. The number of rotatable bonds is 4. The third kappa shape index (κ3) is 3.77. The Labute approximate surface area is 169 Å². The van der Waals surface area contributed by atoms with E-state index in [1.807, 2.05) is 42.5 Å². The smallest absolute Gasteiger partial charge is 0.248 e. The van der Waals surface area contributed by atoms with E-state index >= 15 is 0 Å². The van der Waals surface area contributed by atoms with E-state index in [-0.39, 0.29) is 16.7 Å². The number of hydrogen-bond donors (Lipinski definition) is 1. The van der Waals surface area contributed by atoms with Crippen molar-refractivity contribution >= 4 is 32.4 Å². The van der Waals surface area contributed by atoms with E-state index in [2.05, 4.69) is 10.5 Å². The standard InChI is InChI=1S/C21H23N3O4S/c1-14-20(15(2)28-23-14)29(26,27)24-11-9-17(10-12-24)21(25)22-19-8-7-16-5-3-4-6-18(16)13-19/h3-8,13,17H,9-12H2,1-2H3,(H,22,25). The number of carbonyl (C=O) groups is 1. The molecule has 1 aliphatic heterocycles. The Balaban J connectivity index is 1.41. The number of hydrogen-bond acceptors (Lipinski definition) is 5. The van der Waals surface area contributed by atoms with Gasteiger partial charge in [-0.3, -0.25) is 4.79 Å². The summed E-state index contributed by atoms with van der Waals surface area (Å²) in [5, 5.41) is 8.89. The summed E-state index contributed by atoms with van der Waals surface area (Å²) in [4.78, 5) is 12.8. The predicted octanol–water partition coefficient (Wildman–Crippen LogP) is 3.48. The zero-order valence-corrected chi connectivity index (χ0v) is 17.2. The highest BCUT2D eigenvalue weighted by molar-refractivity contribution is 7.89. The lowest BCUT2D eigenvalue weighted by Crippen LogP contribution is -2.41. The molecule has 0 radical (unpaired) electrons. The van der Waals surface area contributed by atoms with Gasteiger partial charge in [0, 0.05) is 24.7 Å². The first-order valence-corrected chi connectivity index (χ1v) is 11.0. The van der Waals surface area contributed by atoms with Crippen LogP contribution >= 0.6 is 0 Å². The van der Waals surface area contributed by atoms with Crippen molar-refractivity contribution in [2.75, 3.05) is 18.4 Å². The largest absolute Gasteiger partial charge is 0.360 e. The maximum atomic E-state index is 12.9. The van der Waals surface area contributed by atoms with Crippen LogP contribution < -0.4 is 5.32 Å². The zero-order valence-electron chi connectivity index (χ0n) is 16.4. The highest BCUT2D eigenvalue weighted by Crippen LogP contribution is 2.28. The maximum absolute atomic E-state index is 12.9. The summed E-state index contributed by atoms with van der Waals surface area (Å²) in [7, 11) is -3.67. The lowest BCUT2D eigenvalue weighted by molar-refractivity contribution is -0.120. The van der Waals surface area contributed by atoms with E-state index < -0.39 is 10.0 Å². The molecule has 4 rings (SSSR count). The molecule has 1 aromatic heterocycles. The topological polar surface area (TPSA) is 92.5 Å². The average molecular weight is 413 g/mol. The number of amides is 1. The normalized spacial score (nSPS) is 16.2. The summed E-state index contributed by atoms with van der Waals surface area (Å²) in [5.74, 6) is -0.00840. The molecule has 1 amide bonds. The minimum Gasteiger partial charge on any atom is -0.360 e. The number of carbonyl (C=O) groups excluding carboxylic acids is 1. The molecule has 3 aromatic rings. The number of benzene rings is 2. The van der Waals surface area contributed by atoms with Crippen LogP contribution in [0.2, 0.25) is 0 Å². The second-order valence-corrected chi connectivity index (χ2v) is 9.26. The molecule has 1 N–H and O–H groups in total. The van der Waals surface area contributed by atoms with Crippen molar-refractivity contribution in [2.45, 2.75) is 31.6 Å². The van der Waals surface area contributed by atoms with Crippen LogP contribution in [0.25, 0.3) is 10.8 Å². The number of anilines is 1. The Kier molecular flexibility index (Phi) is 5.14. The molecule has 0 aliphatic carbocycles. The van der Waals surface area contributed by atoms with Crippen LogP contribution in [0.15, 0.2) is 51.9 Å². The maximum Gasteiger partial charge on any atom is 0.248 e. The summed E-state index contributed by atoms with van der Waals surface area (Å²) in [6.45, 7) is 3.80. The van der Waals surface area contributed by atoms with Gasteiger partial charge >= 0.3 is 0 Å². The molecule has 8 heteroatoms. The first-order valence-electron chi connectivity index (χ1n) is 9.59. The van der Waals surface area contributed by atoms with Crippen molar-refractivity contribution in [3.05, 3.63) is 53.9 Å². The monoisotopic (exact) mass is 413 g/mol. The van der Waals surface area contributed by atoms with Crippen molar-refractivity contribution < 1.29 is 17.7 Å². The Morgan fingerprint density at radius 1 is 1.10 bits per heavy atom. The number of nitrogens with zero attached hydrogens (tertiary/aromatic N) is 2. The van der Waals surface area contributed by atoms with Crippen molar-refractivity contribution in [2.24, 2.45) is 5.92 Å². The van der Waals surface area contributed by atoms with Gasteiger partial charge in [0.2, 0.25) is 15.9 Å². The van der Waals surface area contributed by atoms with Gasteiger partial charge in [0.25, 0.3) is 0 Å². The third-order valence-corrected chi connectivity index (χ3v) is 7.55. The molecule has 2 heterocycles. The molecule has 0 atom stereocenters. The van der Waals surface area contributed by atoms with Gasteiger partial charge in [-0.2, -0.15) is 4.31 Å². The van der Waals surface area contributed by atoms with Gasteiger partial charge < -0.3 is 9.84 Å². The quantitative estimate of drug-likeness (QED) is 0.707. The molecule has 0 spiro atoms. The number of nitrogens with one attached hydrogen (secondary N) is 1. The van der Waals surface area contributed by atoms with Crippen LogP contribution in [0, 0.1) is 19.8 Å². The number of sulfonamides is 1.